The van der Waals surface area contributed by atoms with Gasteiger partial charge in [-0.05, 0) is 56.7 Å². The van der Waals surface area contributed by atoms with Crippen LogP contribution in [0.2, 0.25) is 5.02 Å². The van der Waals surface area contributed by atoms with Crippen molar-refractivity contribution in [2.24, 2.45) is 5.92 Å². The number of anilines is 1. The largest absolute Gasteiger partial charge is 0.359 e. The van der Waals surface area contributed by atoms with Crippen molar-refractivity contribution in [2.45, 2.75) is 38.6 Å². The van der Waals surface area contributed by atoms with Gasteiger partial charge in [0.25, 0.3) is 0 Å². The molecule has 0 unspecified atom stereocenters. The Morgan fingerprint density at radius 1 is 1.29 bits per heavy atom. The van der Waals surface area contributed by atoms with Crippen molar-refractivity contribution >= 4 is 48.3 Å². The van der Waals surface area contributed by atoms with E-state index in [2.05, 4.69) is 15.0 Å². The zero-order chi connectivity index (χ0) is 17.2. The molecule has 2 N–H and O–H groups in total. The first kappa shape index (κ1) is 17.9. The van der Waals surface area contributed by atoms with Gasteiger partial charge in [0.05, 0.1) is 16.0 Å². The van der Waals surface area contributed by atoms with Crippen molar-refractivity contribution in [3.05, 3.63) is 23.2 Å². The van der Waals surface area contributed by atoms with Gasteiger partial charge in [0, 0.05) is 17.6 Å². The molecule has 0 bridgehead atoms. The minimum Gasteiger partial charge on any atom is -0.359 e. The molecular weight excluding hydrogens is 366 g/mol. The van der Waals surface area contributed by atoms with Gasteiger partial charge in [0.2, 0.25) is 10.0 Å². The van der Waals surface area contributed by atoms with Crippen LogP contribution in [0.4, 0.5) is 5.13 Å². The van der Waals surface area contributed by atoms with E-state index in [-0.39, 0.29) is 5.75 Å². The molecule has 1 saturated carbocycles. The molecule has 132 valence electrons. The molecule has 1 aliphatic rings. The van der Waals surface area contributed by atoms with Crippen molar-refractivity contribution in [3.63, 3.8) is 0 Å². The summed E-state index contributed by atoms with van der Waals surface area (Å²) in [6, 6.07) is 6.17. The van der Waals surface area contributed by atoms with Crippen LogP contribution in [0.15, 0.2) is 18.2 Å². The van der Waals surface area contributed by atoms with Crippen LogP contribution in [0, 0.1) is 5.92 Å². The summed E-state index contributed by atoms with van der Waals surface area (Å²) in [7, 11) is -3.08. The highest BCUT2D eigenvalue weighted by molar-refractivity contribution is 7.89. The molecule has 1 aromatic heterocycles. The summed E-state index contributed by atoms with van der Waals surface area (Å²) in [5, 5.41) is 5.16. The molecule has 0 spiro atoms. The fraction of sp³-hybridized carbons (Fsp3) is 0.562. The average molecular weight is 388 g/mol. The topological polar surface area (TPSA) is 71.1 Å². The normalized spacial score (nSPS) is 21.9. The van der Waals surface area contributed by atoms with Gasteiger partial charge in [-0.3, -0.25) is 0 Å². The van der Waals surface area contributed by atoms with Gasteiger partial charge < -0.3 is 5.32 Å². The molecule has 24 heavy (non-hydrogen) atoms. The Morgan fingerprint density at radius 3 is 2.75 bits per heavy atom. The van der Waals surface area contributed by atoms with Crippen LogP contribution in [0.25, 0.3) is 10.2 Å². The van der Waals surface area contributed by atoms with Crippen LogP contribution < -0.4 is 10.0 Å². The summed E-state index contributed by atoms with van der Waals surface area (Å²) in [6.07, 6.45) is 4.13. The lowest BCUT2D eigenvalue weighted by atomic mass is 9.86. The number of hydrogen-bond acceptors (Lipinski definition) is 5. The molecule has 3 rings (SSSR count). The first-order valence-electron chi connectivity index (χ1n) is 8.25. The van der Waals surface area contributed by atoms with Gasteiger partial charge in [-0.1, -0.05) is 22.9 Å². The average Bonchev–Trinajstić information content (AvgIpc) is 2.95. The molecule has 5 nitrogen and oxygen atoms in total. The van der Waals surface area contributed by atoms with Crippen molar-refractivity contribution in [1.82, 2.24) is 9.71 Å². The summed E-state index contributed by atoms with van der Waals surface area (Å²) in [5.74, 6) is 0.574. The standard InChI is InChI=1S/C16H22ClN3O2S2/c1-2-24(21,22)18-10-11-3-6-13(7-4-11)19-16-20-14-9-12(17)5-8-15(14)23-16/h5,8-9,11,13,18H,2-4,6-7,10H2,1H3,(H,19,20)/t11-,13-. The van der Waals surface area contributed by atoms with Crippen LogP contribution in [-0.2, 0) is 10.0 Å². The predicted octanol–water partition coefficient (Wildman–Crippen LogP) is 3.86. The second-order valence-electron chi connectivity index (χ2n) is 6.24. The fourth-order valence-electron chi connectivity index (χ4n) is 2.99. The third-order valence-electron chi connectivity index (χ3n) is 4.50. The lowest BCUT2D eigenvalue weighted by molar-refractivity contribution is 0.337. The summed E-state index contributed by atoms with van der Waals surface area (Å²) in [5.41, 5.74) is 0.928. The van der Waals surface area contributed by atoms with E-state index in [0.717, 1.165) is 41.0 Å². The Bertz CT molecular complexity index is 799. The molecule has 8 heteroatoms. The van der Waals surface area contributed by atoms with Crippen molar-refractivity contribution in [2.75, 3.05) is 17.6 Å². The van der Waals surface area contributed by atoms with E-state index < -0.39 is 10.0 Å². The maximum atomic E-state index is 11.5. The Balaban J connectivity index is 1.51. The third kappa shape index (κ3) is 4.59. The second kappa shape index (κ2) is 7.56. The van der Waals surface area contributed by atoms with Crippen molar-refractivity contribution in [3.8, 4) is 0 Å². The van der Waals surface area contributed by atoms with Crippen LogP contribution in [0.3, 0.4) is 0 Å². The van der Waals surface area contributed by atoms with E-state index in [0.29, 0.717) is 23.5 Å². The first-order valence-corrected chi connectivity index (χ1v) is 11.1. The zero-order valence-electron chi connectivity index (χ0n) is 13.6. The van der Waals surface area contributed by atoms with Gasteiger partial charge >= 0.3 is 0 Å². The third-order valence-corrected chi connectivity index (χ3v) is 7.07. The molecule has 0 aliphatic heterocycles. The number of halogens is 1. The Labute approximate surface area is 151 Å². The highest BCUT2D eigenvalue weighted by Crippen LogP contribution is 2.31. The van der Waals surface area contributed by atoms with E-state index in [1.54, 1.807) is 18.3 Å². The minimum atomic E-state index is -3.08. The Morgan fingerprint density at radius 2 is 2.04 bits per heavy atom. The van der Waals surface area contributed by atoms with E-state index >= 15 is 0 Å². The van der Waals surface area contributed by atoms with Gasteiger partial charge in [-0.2, -0.15) is 0 Å². The molecule has 2 aromatic rings. The highest BCUT2D eigenvalue weighted by Gasteiger charge is 2.23. The maximum absolute atomic E-state index is 11.5. The highest BCUT2D eigenvalue weighted by atomic mass is 35.5. The monoisotopic (exact) mass is 387 g/mol. The fourth-order valence-corrected chi connectivity index (χ4v) is 4.78. The number of nitrogens with one attached hydrogen (secondary N) is 2. The molecule has 0 saturated heterocycles. The molecule has 1 fully saturated rings. The minimum absolute atomic E-state index is 0.144. The Hall–Kier alpha value is -0.890. The SMILES string of the molecule is CCS(=O)(=O)NC[C@H]1CC[C@H](Nc2nc3cc(Cl)ccc3s2)CC1. The molecule has 1 heterocycles. The lowest BCUT2D eigenvalue weighted by Crippen LogP contribution is -2.34. The number of rotatable bonds is 6. The quantitative estimate of drug-likeness (QED) is 0.789. The van der Waals surface area contributed by atoms with E-state index in [9.17, 15) is 8.42 Å². The van der Waals surface area contributed by atoms with Crippen LogP contribution in [0.1, 0.15) is 32.6 Å². The van der Waals surface area contributed by atoms with Crippen LogP contribution in [0.5, 0.6) is 0 Å². The number of benzene rings is 1. The summed E-state index contributed by atoms with van der Waals surface area (Å²) in [6.45, 7) is 2.22. The zero-order valence-corrected chi connectivity index (χ0v) is 16.0. The van der Waals surface area contributed by atoms with E-state index in [1.807, 2.05) is 18.2 Å². The van der Waals surface area contributed by atoms with Crippen LogP contribution >= 0.6 is 22.9 Å². The number of aromatic nitrogens is 1. The smallest absolute Gasteiger partial charge is 0.211 e. The summed E-state index contributed by atoms with van der Waals surface area (Å²) in [4.78, 5) is 4.60. The van der Waals surface area contributed by atoms with Gasteiger partial charge in [0.15, 0.2) is 5.13 Å². The van der Waals surface area contributed by atoms with Gasteiger partial charge in [0.1, 0.15) is 0 Å². The molecule has 0 atom stereocenters. The molecule has 1 aliphatic carbocycles. The van der Waals surface area contributed by atoms with E-state index in [1.165, 1.54) is 0 Å². The van der Waals surface area contributed by atoms with Crippen LogP contribution in [-0.4, -0.2) is 31.7 Å². The lowest BCUT2D eigenvalue weighted by Gasteiger charge is -2.29. The number of fused-ring (bicyclic) bond motifs is 1. The van der Waals surface area contributed by atoms with Gasteiger partial charge in [-0.25, -0.2) is 18.1 Å². The summed E-state index contributed by atoms with van der Waals surface area (Å²) < 4.78 is 26.9. The summed E-state index contributed by atoms with van der Waals surface area (Å²) >= 11 is 7.65. The number of nitrogens with zero attached hydrogens (tertiary/aromatic N) is 1. The van der Waals surface area contributed by atoms with Crippen molar-refractivity contribution in [1.29, 1.82) is 0 Å². The molecule has 0 radical (unpaired) electrons. The molecule has 1 aromatic carbocycles. The molecular formula is C16H22ClN3O2S2. The number of sulfonamides is 1. The Kier molecular flexibility index (Phi) is 5.64. The number of thiazole rings is 1. The van der Waals surface area contributed by atoms with Gasteiger partial charge in [-0.15, -0.1) is 0 Å². The number of hydrogen-bond donors (Lipinski definition) is 2. The van der Waals surface area contributed by atoms with Crippen molar-refractivity contribution < 1.29 is 8.42 Å². The van der Waals surface area contributed by atoms with E-state index in [4.69, 9.17) is 11.6 Å². The first-order chi connectivity index (χ1) is 11.4. The second-order valence-corrected chi connectivity index (χ2v) is 9.81. The maximum Gasteiger partial charge on any atom is 0.211 e. The molecule has 0 amide bonds. The predicted molar refractivity (Wildman–Crippen MR) is 101 cm³/mol.